The van der Waals surface area contributed by atoms with Crippen LogP contribution in [0.15, 0.2) is 39.2 Å². The molecular formula is C16H14N4O4S2. The van der Waals surface area contributed by atoms with Gasteiger partial charge in [-0.2, -0.15) is 0 Å². The van der Waals surface area contributed by atoms with Crippen LogP contribution in [-0.2, 0) is 0 Å². The lowest BCUT2D eigenvalue weighted by molar-refractivity contribution is 0.101. The zero-order valence-electron chi connectivity index (χ0n) is 13.9. The van der Waals surface area contributed by atoms with Gasteiger partial charge in [0.15, 0.2) is 15.8 Å². The molecule has 0 saturated heterocycles. The van der Waals surface area contributed by atoms with E-state index in [4.69, 9.17) is 9.26 Å². The van der Waals surface area contributed by atoms with Gasteiger partial charge in [0.25, 0.3) is 5.91 Å². The van der Waals surface area contributed by atoms with E-state index in [2.05, 4.69) is 20.7 Å². The molecule has 0 atom stereocenters. The first-order valence-corrected chi connectivity index (χ1v) is 9.23. The number of rotatable bonds is 7. The molecule has 0 aliphatic carbocycles. The van der Waals surface area contributed by atoms with Gasteiger partial charge in [-0.05, 0) is 31.2 Å². The Bertz CT molecular complexity index is 920. The molecule has 2 heterocycles. The molecule has 2 aromatic heterocycles. The number of carbonyl (C=O) groups is 2. The van der Waals surface area contributed by atoms with Crippen LogP contribution in [0.25, 0.3) is 0 Å². The van der Waals surface area contributed by atoms with Gasteiger partial charge in [0.1, 0.15) is 11.5 Å². The highest BCUT2D eigenvalue weighted by molar-refractivity contribution is 8.01. The maximum Gasteiger partial charge on any atom is 0.279 e. The number of carbonyl (C=O) groups excluding carboxylic acids is 2. The number of ketones is 1. The predicted molar refractivity (Wildman–Crippen MR) is 97.2 cm³/mol. The Morgan fingerprint density at radius 2 is 2.04 bits per heavy atom. The second-order valence-corrected chi connectivity index (χ2v) is 7.29. The maximum absolute atomic E-state index is 12.2. The van der Waals surface area contributed by atoms with Crippen molar-refractivity contribution in [3.8, 4) is 5.75 Å². The molecule has 0 spiro atoms. The lowest BCUT2D eigenvalue weighted by Gasteiger charge is -2.01. The van der Waals surface area contributed by atoms with E-state index in [1.54, 1.807) is 38.3 Å². The molecule has 0 aliphatic rings. The monoisotopic (exact) mass is 390 g/mol. The molecule has 0 aliphatic heterocycles. The summed E-state index contributed by atoms with van der Waals surface area (Å²) in [7, 11) is 1.57. The van der Waals surface area contributed by atoms with Crippen molar-refractivity contribution in [2.75, 3.05) is 18.2 Å². The summed E-state index contributed by atoms with van der Waals surface area (Å²) in [6, 6.07) is 8.44. The first kappa shape index (κ1) is 18.1. The number of benzene rings is 1. The van der Waals surface area contributed by atoms with Gasteiger partial charge in [0.05, 0.1) is 12.9 Å². The lowest BCUT2D eigenvalue weighted by Crippen LogP contribution is -2.11. The minimum Gasteiger partial charge on any atom is -0.497 e. The van der Waals surface area contributed by atoms with Gasteiger partial charge in [-0.3, -0.25) is 14.9 Å². The largest absolute Gasteiger partial charge is 0.497 e. The summed E-state index contributed by atoms with van der Waals surface area (Å²) in [6.07, 6.45) is 0. The summed E-state index contributed by atoms with van der Waals surface area (Å²) >= 11 is 2.44. The molecular weight excluding hydrogens is 376 g/mol. The molecule has 0 fully saturated rings. The van der Waals surface area contributed by atoms with Gasteiger partial charge in [-0.15, -0.1) is 10.2 Å². The van der Waals surface area contributed by atoms with E-state index in [0.29, 0.717) is 26.5 Å². The van der Waals surface area contributed by atoms with Gasteiger partial charge >= 0.3 is 0 Å². The number of nitrogens with zero attached hydrogens (tertiary/aromatic N) is 3. The summed E-state index contributed by atoms with van der Waals surface area (Å²) in [5.41, 5.74) is 0.763. The molecule has 3 aromatic rings. The summed E-state index contributed by atoms with van der Waals surface area (Å²) in [5.74, 6) is 0.999. The van der Waals surface area contributed by atoms with E-state index in [1.165, 1.54) is 29.2 Å². The third kappa shape index (κ3) is 4.46. The number of hydrogen-bond acceptors (Lipinski definition) is 9. The standard InChI is InChI=1S/C16H14N4O4S2/c1-9-7-12(20-24-9)14(22)17-15-18-19-16(26-15)25-8-13(21)10-3-5-11(23-2)6-4-10/h3-7H,8H2,1-2H3,(H,17,18,22). The second kappa shape index (κ2) is 8.11. The number of anilines is 1. The van der Waals surface area contributed by atoms with Crippen molar-refractivity contribution in [2.45, 2.75) is 11.3 Å². The lowest BCUT2D eigenvalue weighted by atomic mass is 10.1. The molecule has 10 heteroatoms. The van der Waals surface area contributed by atoms with E-state index in [1.807, 2.05) is 0 Å². The Kier molecular flexibility index (Phi) is 5.64. The molecule has 1 N–H and O–H groups in total. The van der Waals surface area contributed by atoms with E-state index in [-0.39, 0.29) is 17.2 Å². The number of amides is 1. The van der Waals surface area contributed by atoms with Crippen LogP contribution in [0.3, 0.4) is 0 Å². The smallest absolute Gasteiger partial charge is 0.279 e. The average molecular weight is 390 g/mol. The Labute approximate surface area is 156 Å². The fourth-order valence-electron chi connectivity index (χ4n) is 1.94. The van der Waals surface area contributed by atoms with Crippen molar-refractivity contribution in [2.24, 2.45) is 0 Å². The molecule has 0 unspecified atom stereocenters. The predicted octanol–water partition coefficient (Wildman–Crippen LogP) is 3.07. The highest BCUT2D eigenvalue weighted by atomic mass is 32.2. The number of hydrogen-bond donors (Lipinski definition) is 1. The Morgan fingerprint density at radius 3 is 2.69 bits per heavy atom. The van der Waals surface area contributed by atoms with Crippen LogP contribution < -0.4 is 10.1 Å². The molecule has 8 nitrogen and oxygen atoms in total. The van der Waals surface area contributed by atoms with Crippen molar-refractivity contribution in [1.82, 2.24) is 15.4 Å². The third-order valence-corrected chi connectivity index (χ3v) is 5.20. The van der Waals surface area contributed by atoms with Gasteiger partial charge < -0.3 is 9.26 Å². The van der Waals surface area contributed by atoms with E-state index in [0.717, 1.165) is 0 Å². The minimum atomic E-state index is -0.427. The summed E-state index contributed by atoms with van der Waals surface area (Å²) in [5, 5.41) is 14.4. The number of nitrogens with one attached hydrogen (secondary N) is 1. The summed E-state index contributed by atoms with van der Waals surface area (Å²) in [4.78, 5) is 24.2. The molecule has 1 aromatic carbocycles. The molecule has 3 rings (SSSR count). The number of Topliss-reactive ketones (excluding diaryl/α,β-unsaturated/α-hetero) is 1. The highest BCUT2D eigenvalue weighted by Crippen LogP contribution is 2.26. The normalized spacial score (nSPS) is 10.5. The minimum absolute atomic E-state index is 0.0310. The summed E-state index contributed by atoms with van der Waals surface area (Å²) in [6.45, 7) is 1.70. The molecule has 26 heavy (non-hydrogen) atoms. The number of ether oxygens (including phenoxy) is 1. The number of methoxy groups -OCH3 is 1. The zero-order valence-corrected chi connectivity index (χ0v) is 15.5. The maximum atomic E-state index is 12.2. The van der Waals surface area contributed by atoms with Crippen LogP contribution in [0.2, 0.25) is 0 Å². The fourth-order valence-corrected chi connectivity index (χ4v) is 3.58. The van der Waals surface area contributed by atoms with E-state index in [9.17, 15) is 9.59 Å². The van der Waals surface area contributed by atoms with Gasteiger partial charge in [0.2, 0.25) is 5.13 Å². The highest BCUT2D eigenvalue weighted by Gasteiger charge is 2.15. The Balaban J connectivity index is 1.54. The van der Waals surface area contributed by atoms with Crippen molar-refractivity contribution >= 4 is 39.9 Å². The number of aryl methyl sites for hydroxylation is 1. The fraction of sp³-hybridized carbons (Fsp3) is 0.188. The molecule has 0 bridgehead atoms. The van der Waals surface area contributed by atoms with Gasteiger partial charge in [0, 0.05) is 11.6 Å². The van der Waals surface area contributed by atoms with Crippen LogP contribution in [0.4, 0.5) is 5.13 Å². The SMILES string of the molecule is COc1ccc(C(=O)CSc2nnc(NC(=O)c3cc(C)on3)s2)cc1. The third-order valence-electron chi connectivity index (χ3n) is 3.23. The Hall–Kier alpha value is -2.72. The van der Waals surface area contributed by atoms with Gasteiger partial charge in [-0.1, -0.05) is 28.3 Å². The molecule has 0 saturated carbocycles. The topological polar surface area (TPSA) is 107 Å². The van der Waals surface area contributed by atoms with Crippen LogP contribution in [0.1, 0.15) is 26.6 Å². The van der Waals surface area contributed by atoms with Crippen LogP contribution in [0.5, 0.6) is 5.75 Å². The van der Waals surface area contributed by atoms with Crippen LogP contribution in [-0.4, -0.2) is 39.9 Å². The van der Waals surface area contributed by atoms with Crippen molar-refractivity contribution in [3.63, 3.8) is 0 Å². The second-order valence-electron chi connectivity index (χ2n) is 5.09. The van der Waals surface area contributed by atoms with Crippen LogP contribution in [0, 0.1) is 6.92 Å². The first-order valence-electron chi connectivity index (χ1n) is 7.43. The quantitative estimate of drug-likeness (QED) is 0.373. The van der Waals surface area contributed by atoms with Crippen molar-refractivity contribution in [3.05, 3.63) is 47.3 Å². The number of aromatic nitrogens is 3. The van der Waals surface area contributed by atoms with Gasteiger partial charge in [-0.25, -0.2) is 0 Å². The molecule has 1 amide bonds. The first-order chi connectivity index (χ1) is 12.5. The average Bonchev–Trinajstić information content (AvgIpc) is 3.28. The molecule has 0 radical (unpaired) electrons. The number of thioether (sulfide) groups is 1. The van der Waals surface area contributed by atoms with Crippen molar-refractivity contribution in [1.29, 1.82) is 0 Å². The zero-order chi connectivity index (χ0) is 18.5. The summed E-state index contributed by atoms with van der Waals surface area (Å²) < 4.78 is 10.5. The Morgan fingerprint density at radius 1 is 1.27 bits per heavy atom. The van der Waals surface area contributed by atoms with Crippen LogP contribution >= 0.6 is 23.1 Å². The molecule has 134 valence electrons. The van der Waals surface area contributed by atoms with Crippen molar-refractivity contribution < 1.29 is 18.8 Å². The van der Waals surface area contributed by atoms with E-state index >= 15 is 0 Å². The van der Waals surface area contributed by atoms with E-state index < -0.39 is 5.91 Å².